The van der Waals surface area contributed by atoms with Gasteiger partial charge in [0.2, 0.25) is 0 Å². The van der Waals surface area contributed by atoms with E-state index in [1.165, 1.54) is 25.3 Å². The molecule has 0 saturated carbocycles. The van der Waals surface area contributed by atoms with Crippen LogP contribution in [-0.2, 0) is 6.54 Å². The van der Waals surface area contributed by atoms with Crippen LogP contribution in [0.1, 0.15) is 24.8 Å². The molecule has 0 unspecified atom stereocenters. The van der Waals surface area contributed by atoms with E-state index in [1.807, 2.05) is 13.1 Å². The zero-order chi connectivity index (χ0) is 13.5. The van der Waals surface area contributed by atoms with E-state index in [-0.39, 0.29) is 5.82 Å². The Morgan fingerprint density at radius 2 is 2.05 bits per heavy atom. The summed E-state index contributed by atoms with van der Waals surface area (Å²) >= 11 is 0. The van der Waals surface area contributed by atoms with Crippen LogP contribution in [0, 0.1) is 5.82 Å². The summed E-state index contributed by atoms with van der Waals surface area (Å²) in [7, 11) is 1.85. The van der Waals surface area contributed by atoms with Crippen LogP contribution in [0.3, 0.4) is 0 Å². The minimum absolute atomic E-state index is 0.272. The Morgan fingerprint density at radius 3 is 2.79 bits per heavy atom. The zero-order valence-corrected chi connectivity index (χ0v) is 11.6. The Balaban J connectivity index is 1.87. The van der Waals surface area contributed by atoms with Crippen LogP contribution in [-0.4, -0.2) is 38.2 Å². The van der Waals surface area contributed by atoms with Crippen LogP contribution in [0.2, 0.25) is 0 Å². The molecule has 3 nitrogen and oxygen atoms in total. The number of rotatable bonds is 6. The molecule has 1 heterocycles. The number of hydrogen-bond acceptors (Lipinski definition) is 3. The van der Waals surface area contributed by atoms with E-state index in [0.717, 1.165) is 25.2 Å². The molecule has 0 atom stereocenters. The Labute approximate surface area is 114 Å². The van der Waals surface area contributed by atoms with Crippen molar-refractivity contribution < 1.29 is 9.13 Å². The number of nitrogens with one attached hydrogen (secondary N) is 1. The fourth-order valence-electron chi connectivity index (χ4n) is 2.50. The summed E-state index contributed by atoms with van der Waals surface area (Å²) in [5.41, 5.74) is 0.876. The average Bonchev–Trinajstić information content (AvgIpc) is 2.43. The normalized spacial score (nSPS) is 16.5. The number of ether oxygens (including phenoxy) is 1. The van der Waals surface area contributed by atoms with Gasteiger partial charge in [-0.25, -0.2) is 4.39 Å². The van der Waals surface area contributed by atoms with Gasteiger partial charge in [0.25, 0.3) is 0 Å². The zero-order valence-electron chi connectivity index (χ0n) is 11.6. The van der Waals surface area contributed by atoms with Gasteiger partial charge < -0.3 is 10.1 Å². The predicted octanol–water partition coefficient (Wildman–Crippen LogP) is 2.41. The van der Waals surface area contributed by atoms with E-state index < -0.39 is 0 Å². The summed E-state index contributed by atoms with van der Waals surface area (Å²) in [4.78, 5) is 2.39. The Kier molecular flexibility index (Phi) is 5.61. The van der Waals surface area contributed by atoms with Gasteiger partial charge in [0, 0.05) is 18.7 Å². The van der Waals surface area contributed by atoms with Crippen molar-refractivity contribution in [1.29, 1.82) is 0 Å². The van der Waals surface area contributed by atoms with Crippen LogP contribution in [0.15, 0.2) is 18.2 Å². The van der Waals surface area contributed by atoms with Gasteiger partial charge in [-0.3, -0.25) is 4.90 Å². The maximum Gasteiger partial charge on any atom is 0.165 e. The first kappa shape index (κ1) is 14.3. The molecule has 2 rings (SSSR count). The lowest BCUT2D eigenvalue weighted by Gasteiger charge is -2.26. The third kappa shape index (κ3) is 4.18. The third-order valence-electron chi connectivity index (χ3n) is 3.52. The SMILES string of the molecule is CNCc1cccc(F)c1OCCN1CCCCC1. The quantitative estimate of drug-likeness (QED) is 0.855. The largest absolute Gasteiger partial charge is 0.489 e. The molecule has 1 saturated heterocycles. The lowest BCUT2D eigenvalue weighted by molar-refractivity contribution is 0.179. The maximum absolute atomic E-state index is 13.8. The van der Waals surface area contributed by atoms with E-state index in [0.29, 0.717) is 18.9 Å². The van der Waals surface area contributed by atoms with Gasteiger partial charge >= 0.3 is 0 Å². The molecular formula is C15H23FN2O. The minimum Gasteiger partial charge on any atom is -0.489 e. The fraction of sp³-hybridized carbons (Fsp3) is 0.600. The smallest absolute Gasteiger partial charge is 0.165 e. The number of piperidine rings is 1. The van der Waals surface area contributed by atoms with Crippen molar-refractivity contribution in [3.8, 4) is 5.75 Å². The molecule has 1 aliphatic rings. The van der Waals surface area contributed by atoms with E-state index >= 15 is 0 Å². The van der Waals surface area contributed by atoms with Crippen molar-refractivity contribution in [2.75, 3.05) is 33.3 Å². The highest BCUT2D eigenvalue weighted by atomic mass is 19.1. The third-order valence-corrected chi connectivity index (χ3v) is 3.52. The molecule has 4 heteroatoms. The summed E-state index contributed by atoms with van der Waals surface area (Å²) in [5.74, 6) is 0.125. The number of nitrogens with zero attached hydrogens (tertiary/aromatic N) is 1. The van der Waals surface area contributed by atoms with E-state index in [1.54, 1.807) is 6.07 Å². The van der Waals surface area contributed by atoms with Gasteiger partial charge in [0.1, 0.15) is 6.61 Å². The van der Waals surface area contributed by atoms with Crippen LogP contribution in [0.5, 0.6) is 5.75 Å². The van der Waals surface area contributed by atoms with Gasteiger partial charge in [0.05, 0.1) is 0 Å². The molecule has 0 aromatic heterocycles. The monoisotopic (exact) mass is 266 g/mol. The minimum atomic E-state index is -0.272. The molecule has 1 aliphatic heterocycles. The van der Waals surface area contributed by atoms with Crippen LogP contribution in [0.4, 0.5) is 4.39 Å². The topological polar surface area (TPSA) is 24.5 Å². The maximum atomic E-state index is 13.8. The van der Waals surface area contributed by atoms with E-state index in [9.17, 15) is 4.39 Å². The molecule has 1 fully saturated rings. The summed E-state index contributed by atoms with van der Waals surface area (Å²) in [6, 6.07) is 5.07. The highest BCUT2D eigenvalue weighted by molar-refractivity contribution is 5.34. The number of para-hydroxylation sites is 1. The molecule has 106 valence electrons. The summed E-state index contributed by atoms with van der Waals surface area (Å²) < 4.78 is 19.4. The van der Waals surface area contributed by atoms with E-state index in [4.69, 9.17) is 4.74 Å². The summed E-state index contributed by atoms with van der Waals surface area (Å²) in [6.45, 7) is 4.34. The van der Waals surface area contributed by atoms with Gasteiger partial charge in [-0.2, -0.15) is 0 Å². The van der Waals surface area contributed by atoms with Gasteiger partial charge in [-0.15, -0.1) is 0 Å². The van der Waals surface area contributed by atoms with Crippen molar-refractivity contribution in [3.63, 3.8) is 0 Å². The number of hydrogen-bond donors (Lipinski definition) is 1. The van der Waals surface area contributed by atoms with Crippen LogP contribution in [0.25, 0.3) is 0 Å². The second kappa shape index (κ2) is 7.46. The molecule has 0 amide bonds. The second-order valence-electron chi connectivity index (χ2n) is 5.01. The number of halogens is 1. The van der Waals surface area contributed by atoms with Gasteiger partial charge in [-0.05, 0) is 39.0 Å². The van der Waals surface area contributed by atoms with Crippen molar-refractivity contribution in [2.45, 2.75) is 25.8 Å². The Hall–Kier alpha value is -1.13. The van der Waals surface area contributed by atoms with E-state index in [2.05, 4.69) is 10.2 Å². The second-order valence-corrected chi connectivity index (χ2v) is 5.01. The number of likely N-dealkylation sites (tertiary alicyclic amines) is 1. The predicted molar refractivity (Wildman–Crippen MR) is 74.9 cm³/mol. The Morgan fingerprint density at radius 1 is 1.26 bits per heavy atom. The molecule has 1 aromatic rings. The molecule has 19 heavy (non-hydrogen) atoms. The highest BCUT2D eigenvalue weighted by Crippen LogP contribution is 2.22. The molecule has 0 radical (unpaired) electrons. The van der Waals surface area contributed by atoms with Crippen molar-refractivity contribution in [1.82, 2.24) is 10.2 Å². The lowest BCUT2D eigenvalue weighted by Crippen LogP contribution is -2.33. The molecular weight excluding hydrogens is 243 g/mol. The first-order valence-corrected chi connectivity index (χ1v) is 7.08. The van der Waals surface area contributed by atoms with Crippen LogP contribution < -0.4 is 10.1 Å². The first-order chi connectivity index (χ1) is 9.31. The van der Waals surface area contributed by atoms with Gasteiger partial charge in [0.15, 0.2) is 11.6 Å². The highest BCUT2D eigenvalue weighted by Gasteiger charge is 2.12. The fourth-order valence-corrected chi connectivity index (χ4v) is 2.50. The molecule has 1 aromatic carbocycles. The van der Waals surface area contributed by atoms with Gasteiger partial charge in [-0.1, -0.05) is 18.6 Å². The Bertz CT molecular complexity index is 392. The summed E-state index contributed by atoms with van der Waals surface area (Å²) in [5, 5.41) is 3.03. The molecule has 0 spiro atoms. The van der Waals surface area contributed by atoms with Crippen molar-refractivity contribution in [3.05, 3.63) is 29.6 Å². The van der Waals surface area contributed by atoms with Crippen LogP contribution >= 0.6 is 0 Å². The first-order valence-electron chi connectivity index (χ1n) is 7.08. The molecule has 0 aliphatic carbocycles. The van der Waals surface area contributed by atoms with Crippen molar-refractivity contribution >= 4 is 0 Å². The standard InChI is InChI=1S/C15H23FN2O/c1-17-12-13-6-5-7-14(16)15(13)19-11-10-18-8-3-2-4-9-18/h5-7,17H,2-4,8-12H2,1H3. The molecule has 1 N–H and O–H groups in total. The number of benzene rings is 1. The van der Waals surface area contributed by atoms with Crippen molar-refractivity contribution in [2.24, 2.45) is 0 Å². The molecule has 0 bridgehead atoms. The summed E-state index contributed by atoms with van der Waals surface area (Å²) in [6.07, 6.45) is 3.87. The lowest BCUT2D eigenvalue weighted by atomic mass is 10.1. The average molecular weight is 266 g/mol.